The number of nitrogens with zero attached hydrogens (tertiary/aromatic N) is 1. The maximum Gasteiger partial charge on any atom is 0.408 e. The van der Waals surface area contributed by atoms with Crippen molar-refractivity contribution >= 4 is 22.1 Å². The Morgan fingerprint density at radius 1 is 1.22 bits per heavy atom. The molecule has 0 aromatic heterocycles. The van der Waals surface area contributed by atoms with E-state index in [1.54, 1.807) is 34.6 Å². The molecule has 9 heteroatoms. The van der Waals surface area contributed by atoms with Crippen LogP contribution in [0.2, 0.25) is 0 Å². The molecule has 23 heavy (non-hydrogen) atoms. The van der Waals surface area contributed by atoms with Gasteiger partial charge in [0.25, 0.3) is 0 Å². The molecule has 0 spiro atoms. The molecular weight excluding hydrogens is 324 g/mol. The first-order chi connectivity index (χ1) is 10.3. The Kier molecular flexibility index (Phi) is 5.69. The van der Waals surface area contributed by atoms with Gasteiger partial charge < -0.3 is 15.2 Å². The van der Waals surface area contributed by atoms with Crippen molar-refractivity contribution in [2.24, 2.45) is 0 Å². The van der Waals surface area contributed by atoms with Crippen molar-refractivity contribution in [3.8, 4) is 0 Å². The first-order valence-electron chi connectivity index (χ1n) is 7.54. The first kappa shape index (κ1) is 19.7. The molecule has 0 aliphatic carbocycles. The number of hydrogen-bond acceptors (Lipinski definition) is 5. The molecule has 0 unspecified atom stereocenters. The van der Waals surface area contributed by atoms with Crippen LogP contribution in [0.4, 0.5) is 4.79 Å². The highest BCUT2D eigenvalue weighted by Gasteiger charge is 2.46. The van der Waals surface area contributed by atoms with Crippen LogP contribution in [-0.4, -0.2) is 59.4 Å². The van der Waals surface area contributed by atoms with Gasteiger partial charge in [-0.1, -0.05) is 0 Å². The molecule has 0 bridgehead atoms. The summed E-state index contributed by atoms with van der Waals surface area (Å²) in [7, 11) is -3.44. The number of alkyl carbamates (subject to hydrolysis) is 1. The molecule has 8 nitrogen and oxygen atoms in total. The monoisotopic (exact) mass is 350 g/mol. The van der Waals surface area contributed by atoms with Crippen molar-refractivity contribution in [2.45, 2.75) is 63.9 Å². The third-order valence-corrected chi connectivity index (χ3v) is 5.96. The Bertz CT molecular complexity index is 556. The van der Waals surface area contributed by atoms with Gasteiger partial charge in [-0.2, -0.15) is 0 Å². The lowest BCUT2D eigenvalue weighted by molar-refractivity contribution is -0.146. The average molecular weight is 350 g/mol. The summed E-state index contributed by atoms with van der Waals surface area (Å²) in [5.74, 6) is -1.19. The highest BCUT2D eigenvalue weighted by Crippen LogP contribution is 2.26. The highest BCUT2D eigenvalue weighted by atomic mass is 32.2. The average Bonchev–Trinajstić information content (AvgIpc) is 2.36. The highest BCUT2D eigenvalue weighted by molar-refractivity contribution is 7.89. The van der Waals surface area contributed by atoms with Crippen LogP contribution in [0.3, 0.4) is 0 Å². The number of carbonyl (C=O) groups is 2. The number of ether oxygens (including phenoxy) is 1. The minimum Gasteiger partial charge on any atom is -0.480 e. The van der Waals surface area contributed by atoms with E-state index >= 15 is 0 Å². The van der Waals surface area contributed by atoms with Gasteiger partial charge in [-0.3, -0.25) is 0 Å². The number of rotatable bonds is 4. The Morgan fingerprint density at radius 3 is 2.04 bits per heavy atom. The molecule has 1 fully saturated rings. The van der Waals surface area contributed by atoms with Crippen LogP contribution >= 0.6 is 0 Å². The van der Waals surface area contributed by atoms with Gasteiger partial charge in [0.05, 0.1) is 5.25 Å². The number of carboxylic acids is 1. The van der Waals surface area contributed by atoms with Crippen LogP contribution in [0.1, 0.15) is 47.5 Å². The minimum absolute atomic E-state index is 0.00642. The minimum atomic E-state index is -3.44. The molecule has 2 N–H and O–H groups in total. The summed E-state index contributed by atoms with van der Waals surface area (Å²) in [6.45, 7) is 8.28. The predicted octanol–water partition coefficient (Wildman–Crippen LogP) is 1.17. The second kappa shape index (κ2) is 6.64. The number of carboxylic acid groups (broad SMARTS) is 1. The molecule has 0 aromatic rings. The molecule has 0 radical (unpaired) electrons. The van der Waals surface area contributed by atoms with Gasteiger partial charge in [0.1, 0.15) is 11.1 Å². The third kappa shape index (κ3) is 4.81. The predicted molar refractivity (Wildman–Crippen MR) is 84.6 cm³/mol. The molecule has 1 amide bonds. The molecule has 0 saturated carbocycles. The van der Waals surface area contributed by atoms with Gasteiger partial charge in [0, 0.05) is 13.1 Å². The molecule has 1 aliphatic heterocycles. The number of carbonyl (C=O) groups excluding carboxylic acids is 1. The summed E-state index contributed by atoms with van der Waals surface area (Å²) in [6, 6.07) is 0. The van der Waals surface area contributed by atoms with E-state index in [1.165, 1.54) is 4.31 Å². The van der Waals surface area contributed by atoms with E-state index in [1.807, 2.05) is 0 Å². The van der Waals surface area contributed by atoms with Crippen molar-refractivity contribution in [2.75, 3.05) is 13.1 Å². The van der Waals surface area contributed by atoms with Crippen molar-refractivity contribution < 1.29 is 27.9 Å². The molecular formula is C14H26N2O6S. The lowest BCUT2D eigenvalue weighted by atomic mass is 9.88. The number of amides is 1. The van der Waals surface area contributed by atoms with E-state index < -0.39 is 38.5 Å². The van der Waals surface area contributed by atoms with Gasteiger partial charge in [-0.15, -0.1) is 0 Å². The zero-order valence-corrected chi connectivity index (χ0v) is 15.1. The lowest BCUT2D eigenvalue weighted by Crippen LogP contribution is -2.61. The van der Waals surface area contributed by atoms with Crippen LogP contribution in [-0.2, 0) is 19.6 Å². The number of nitrogens with one attached hydrogen (secondary N) is 1. The smallest absolute Gasteiger partial charge is 0.408 e. The molecule has 1 rings (SSSR count). The van der Waals surface area contributed by atoms with Crippen LogP contribution < -0.4 is 5.32 Å². The summed E-state index contributed by atoms with van der Waals surface area (Å²) in [5, 5.41) is 11.3. The third-order valence-electron chi connectivity index (χ3n) is 3.68. The van der Waals surface area contributed by atoms with Crippen LogP contribution in [0, 0.1) is 0 Å². The Balaban J connectivity index is 2.84. The number of hydrogen-bond donors (Lipinski definition) is 2. The summed E-state index contributed by atoms with van der Waals surface area (Å²) >= 11 is 0. The number of sulfonamides is 1. The quantitative estimate of drug-likeness (QED) is 0.787. The van der Waals surface area contributed by atoms with Gasteiger partial charge in [-0.25, -0.2) is 22.3 Å². The summed E-state index contributed by atoms with van der Waals surface area (Å²) in [5.41, 5.74) is -2.25. The lowest BCUT2D eigenvalue weighted by Gasteiger charge is -2.39. The van der Waals surface area contributed by atoms with E-state index in [0.717, 1.165) is 0 Å². The van der Waals surface area contributed by atoms with Gasteiger partial charge in [0.2, 0.25) is 10.0 Å². The standard InChI is InChI=1S/C14H26N2O6S/c1-10(2)23(20,21)16-8-6-14(7-9-16,11(17)18)15-12(19)22-13(3,4)5/h10H,6-9H2,1-5H3,(H,15,19)(H,17,18). The Labute approximate surface area is 137 Å². The Morgan fingerprint density at radius 2 is 1.70 bits per heavy atom. The molecule has 0 atom stereocenters. The normalized spacial score (nSPS) is 19.4. The number of aliphatic carboxylic acids is 1. The van der Waals surface area contributed by atoms with Gasteiger partial charge in [0.15, 0.2) is 0 Å². The van der Waals surface area contributed by atoms with Crippen molar-refractivity contribution in [3.63, 3.8) is 0 Å². The number of piperidine rings is 1. The van der Waals surface area contributed by atoms with Gasteiger partial charge in [-0.05, 0) is 47.5 Å². The van der Waals surface area contributed by atoms with E-state index in [0.29, 0.717) is 0 Å². The summed E-state index contributed by atoms with van der Waals surface area (Å²) < 4.78 is 30.7. The van der Waals surface area contributed by atoms with Crippen LogP contribution in [0.25, 0.3) is 0 Å². The van der Waals surface area contributed by atoms with E-state index in [4.69, 9.17) is 4.74 Å². The van der Waals surface area contributed by atoms with E-state index in [2.05, 4.69) is 5.32 Å². The van der Waals surface area contributed by atoms with E-state index in [9.17, 15) is 23.1 Å². The summed E-state index contributed by atoms with van der Waals surface area (Å²) in [4.78, 5) is 23.5. The van der Waals surface area contributed by atoms with Crippen molar-refractivity contribution in [3.05, 3.63) is 0 Å². The van der Waals surface area contributed by atoms with Crippen molar-refractivity contribution in [1.82, 2.24) is 9.62 Å². The Hall–Kier alpha value is -1.35. The molecule has 0 aromatic carbocycles. The summed E-state index contributed by atoms with van der Waals surface area (Å²) in [6.07, 6.45) is -0.832. The second-order valence-corrected chi connectivity index (χ2v) is 9.50. The van der Waals surface area contributed by atoms with E-state index in [-0.39, 0.29) is 25.9 Å². The molecule has 134 valence electrons. The zero-order chi connectivity index (χ0) is 18.1. The second-order valence-electron chi connectivity index (χ2n) is 7.01. The maximum atomic E-state index is 12.1. The first-order valence-corrected chi connectivity index (χ1v) is 9.04. The van der Waals surface area contributed by atoms with Crippen molar-refractivity contribution in [1.29, 1.82) is 0 Å². The topological polar surface area (TPSA) is 113 Å². The molecule has 1 aliphatic rings. The maximum absolute atomic E-state index is 12.1. The molecule has 1 saturated heterocycles. The van der Waals surface area contributed by atoms with Crippen LogP contribution in [0.5, 0.6) is 0 Å². The fourth-order valence-corrected chi connectivity index (χ4v) is 3.60. The fraction of sp³-hybridized carbons (Fsp3) is 0.857. The SMILES string of the molecule is CC(C)S(=O)(=O)N1CCC(NC(=O)OC(C)(C)C)(C(=O)O)CC1. The molecule has 1 heterocycles. The van der Waals surface area contributed by atoms with Gasteiger partial charge >= 0.3 is 12.1 Å². The largest absolute Gasteiger partial charge is 0.480 e. The zero-order valence-electron chi connectivity index (χ0n) is 14.2. The van der Waals surface area contributed by atoms with Crippen LogP contribution in [0.15, 0.2) is 0 Å². The fourth-order valence-electron chi connectivity index (χ4n) is 2.31.